The second kappa shape index (κ2) is 6.49. The number of nitrogens with one attached hydrogen (secondary N) is 1. The minimum Gasteiger partial charge on any atom is -0.369 e. The molecule has 0 radical (unpaired) electrons. The molecule has 1 amide bonds. The van der Waals surface area contributed by atoms with E-state index in [0.29, 0.717) is 12.1 Å². The van der Waals surface area contributed by atoms with Crippen molar-refractivity contribution >= 4 is 42.9 Å². The molecule has 3 N–H and O–H groups in total. The van der Waals surface area contributed by atoms with Crippen molar-refractivity contribution in [3.05, 3.63) is 41.4 Å². The molecule has 0 saturated carbocycles. The fourth-order valence-electron chi connectivity index (χ4n) is 2.01. The third-order valence-corrected chi connectivity index (χ3v) is 2.83. The highest BCUT2D eigenvalue weighted by Gasteiger charge is 2.32. The van der Waals surface area contributed by atoms with Gasteiger partial charge in [0.2, 0.25) is 0 Å². The number of carbonyl (C=O) groups excluding carboxylic acids is 1. The van der Waals surface area contributed by atoms with Gasteiger partial charge in [-0.2, -0.15) is 0 Å². The van der Waals surface area contributed by atoms with Crippen molar-refractivity contribution in [2.75, 3.05) is 0 Å². The average molecular weight is 314 g/mol. The Morgan fingerprint density at radius 1 is 1.35 bits per heavy atom. The predicted molar refractivity (Wildman–Crippen MR) is 81.5 cm³/mol. The minimum atomic E-state index is -0.552. The van der Waals surface area contributed by atoms with Gasteiger partial charge < -0.3 is 5.73 Å². The van der Waals surface area contributed by atoms with Crippen molar-refractivity contribution in [1.82, 2.24) is 10.3 Å². The zero-order chi connectivity index (χ0) is 12.5. The highest BCUT2D eigenvalue weighted by molar-refractivity contribution is 6.06. The number of hydrogen-bond donors (Lipinski definition) is 2. The number of rotatable bonds is 2. The Bertz CT molecular complexity index is 597. The van der Waals surface area contributed by atoms with Crippen LogP contribution in [0.1, 0.15) is 5.56 Å². The Balaban J connectivity index is 0.000001000. The molecule has 0 aliphatic carbocycles. The minimum absolute atomic E-state index is 0. The first-order valence-corrected chi connectivity index (χ1v) is 5.54. The van der Waals surface area contributed by atoms with Crippen LogP contribution in [0.5, 0.6) is 0 Å². The summed E-state index contributed by atoms with van der Waals surface area (Å²) in [5.41, 5.74) is 8.15. The number of aromatic nitrogens is 1. The zero-order valence-corrected chi connectivity index (χ0v) is 11.9. The first-order chi connectivity index (χ1) is 8.74. The first-order valence-electron chi connectivity index (χ1n) is 5.54. The Morgan fingerprint density at radius 2 is 2.15 bits per heavy atom. The van der Waals surface area contributed by atoms with Crippen LogP contribution in [0.2, 0.25) is 0 Å². The number of nitrogens with two attached hydrogens (primary N) is 1. The lowest BCUT2D eigenvalue weighted by molar-refractivity contribution is -0.120. The molecule has 2 aliphatic heterocycles. The van der Waals surface area contributed by atoms with E-state index in [9.17, 15) is 4.79 Å². The normalized spacial score (nSPS) is 19.5. The molecular formula is C12H13Cl2N5O. The van der Waals surface area contributed by atoms with Gasteiger partial charge in [0.25, 0.3) is 5.91 Å². The van der Waals surface area contributed by atoms with E-state index in [1.54, 1.807) is 18.6 Å². The maximum atomic E-state index is 11.7. The van der Waals surface area contributed by atoms with E-state index in [1.165, 1.54) is 0 Å². The number of pyridine rings is 1. The number of fused-ring (bicyclic) bond motifs is 1. The summed E-state index contributed by atoms with van der Waals surface area (Å²) in [5.74, 6) is -0.102. The molecule has 1 aromatic heterocycles. The molecule has 106 valence electrons. The number of aliphatic imine (C=N–C) groups is 2. The first kappa shape index (κ1) is 16.1. The SMILES string of the molecule is Cl.Cl.NC1=NC2=C(Cc3cccnc3)C=NC2C(=O)N1. The lowest BCUT2D eigenvalue weighted by atomic mass is 10.0. The van der Waals surface area contributed by atoms with Gasteiger partial charge in [0.05, 0.1) is 5.70 Å². The number of nitrogens with zero attached hydrogens (tertiary/aromatic N) is 3. The molecule has 6 nitrogen and oxygen atoms in total. The molecule has 1 atom stereocenters. The van der Waals surface area contributed by atoms with Gasteiger partial charge in [0, 0.05) is 25.0 Å². The Labute approximate surface area is 128 Å². The quantitative estimate of drug-likeness (QED) is 0.838. The highest BCUT2D eigenvalue weighted by atomic mass is 35.5. The third-order valence-electron chi connectivity index (χ3n) is 2.83. The van der Waals surface area contributed by atoms with Crippen LogP contribution in [0, 0.1) is 0 Å². The largest absolute Gasteiger partial charge is 0.369 e. The number of amides is 1. The van der Waals surface area contributed by atoms with Crippen molar-refractivity contribution in [2.45, 2.75) is 12.5 Å². The summed E-state index contributed by atoms with van der Waals surface area (Å²) in [5, 5.41) is 2.46. The molecular weight excluding hydrogens is 301 g/mol. The molecule has 0 aromatic carbocycles. The fourth-order valence-corrected chi connectivity index (χ4v) is 2.01. The summed E-state index contributed by atoms with van der Waals surface area (Å²) >= 11 is 0. The van der Waals surface area contributed by atoms with Crippen molar-refractivity contribution in [3.63, 3.8) is 0 Å². The third kappa shape index (κ3) is 2.97. The van der Waals surface area contributed by atoms with Crippen LogP contribution >= 0.6 is 24.8 Å². The summed E-state index contributed by atoms with van der Waals surface area (Å²) in [6, 6.07) is 3.29. The van der Waals surface area contributed by atoms with Gasteiger partial charge in [-0.1, -0.05) is 6.07 Å². The number of hydrogen-bond acceptors (Lipinski definition) is 5. The smallest absolute Gasteiger partial charge is 0.257 e. The van der Waals surface area contributed by atoms with Gasteiger partial charge in [-0.15, -0.1) is 24.8 Å². The van der Waals surface area contributed by atoms with E-state index in [1.807, 2.05) is 12.1 Å². The van der Waals surface area contributed by atoms with Gasteiger partial charge in [-0.05, 0) is 17.2 Å². The molecule has 0 spiro atoms. The van der Waals surface area contributed by atoms with Gasteiger partial charge in [-0.3, -0.25) is 20.1 Å². The Hall–Kier alpha value is -1.92. The fraction of sp³-hybridized carbons (Fsp3) is 0.167. The molecule has 3 rings (SSSR count). The van der Waals surface area contributed by atoms with Crippen LogP contribution in [0.25, 0.3) is 0 Å². The van der Waals surface area contributed by atoms with Gasteiger partial charge in [0.15, 0.2) is 12.0 Å². The van der Waals surface area contributed by atoms with Crippen LogP contribution in [-0.2, 0) is 11.2 Å². The van der Waals surface area contributed by atoms with Crippen LogP contribution in [0.15, 0.2) is 45.8 Å². The van der Waals surface area contributed by atoms with E-state index in [4.69, 9.17) is 5.73 Å². The van der Waals surface area contributed by atoms with Gasteiger partial charge >= 0.3 is 0 Å². The zero-order valence-electron chi connectivity index (χ0n) is 10.3. The topological polar surface area (TPSA) is 92.7 Å². The average Bonchev–Trinajstić information content (AvgIpc) is 2.74. The van der Waals surface area contributed by atoms with Crippen LogP contribution in [0.3, 0.4) is 0 Å². The molecule has 0 saturated heterocycles. The van der Waals surface area contributed by atoms with E-state index in [2.05, 4.69) is 20.3 Å². The van der Waals surface area contributed by atoms with E-state index in [0.717, 1.165) is 11.1 Å². The second-order valence-electron chi connectivity index (χ2n) is 4.12. The molecule has 8 heteroatoms. The molecule has 1 unspecified atom stereocenters. The van der Waals surface area contributed by atoms with Crippen molar-refractivity contribution < 1.29 is 4.79 Å². The summed E-state index contributed by atoms with van der Waals surface area (Å²) in [6.45, 7) is 0. The van der Waals surface area contributed by atoms with Gasteiger partial charge in [-0.25, -0.2) is 4.99 Å². The van der Waals surface area contributed by atoms with E-state index in [-0.39, 0.29) is 36.7 Å². The van der Waals surface area contributed by atoms with Crippen molar-refractivity contribution in [2.24, 2.45) is 15.7 Å². The van der Waals surface area contributed by atoms with Crippen molar-refractivity contribution in [1.29, 1.82) is 0 Å². The maximum Gasteiger partial charge on any atom is 0.257 e. The van der Waals surface area contributed by atoms with Crippen LogP contribution in [-0.4, -0.2) is 29.1 Å². The Kier molecular flexibility index (Phi) is 5.24. The molecule has 0 bridgehead atoms. The van der Waals surface area contributed by atoms with Crippen molar-refractivity contribution in [3.8, 4) is 0 Å². The summed E-state index contributed by atoms with van der Waals surface area (Å²) in [6.07, 6.45) is 5.84. The monoisotopic (exact) mass is 313 g/mol. The maximum absolute atomic E-state index is 11.7. The van der Waals surface area contributed by atoms with Crippen LogP contribution < -0.4 is 11.1 Å². The summed E-state index contributed by atoms with van der Waals surface area (Å²) < 4.78 is 0. The number of carbonyl (C=O) groups is 1. The highest BCUT2D eigenvalue weighted by Crippen LogP contribution is 2.24. The molecule has 3 heterocycles. The second-order valence-corrected chi connectivity index (χ2v) is 4.12. The molecule has 0 fully saturated rings. The summed E-state index contributed by atoms with van der Waals surface area (Å²) in [7, 11) is 0. The Morgan fingerprint density at radius 3 is 2.85 bits per heavy atom. The van der Waals surface area contributed by atoms with E-state index < -0.39 is 6.04 Å². The number of allylic oxidation sites excluding steroid dienone is 1. The number of guanidine groups is 1. The summed E-state index contributed by atoms with van der Waals surface area (Å²) in [4.78, 5) is 24.0. The molecule has 20 heavy (non-hydrogen) atoms. The molecule has 2 aliphatic rings. The number of halogens is 2. The van der Waals surface area contributed by atoms with E-state index >= 15 is 0 Å². The van der Waals surface area contributed by atoms with Crippen LogP contribution in [0.4, 0.5) is 0 Å². The van der Waals surface area contributed by atoms with Gasteiger partial charge in [0.1, 0.15) is 0 Å². The molecule has 1 aromatic rings. The standard InChI is InChI=1S/C12H11N5O.2ClH/c13-12-16-9-8(4-7-2-1-3-14-5-7)6-15-10(9)11(18)17-12;;/h1-3,5-6,10H,4H2,(H3,13,16,17,18);2*1H. The lowest BCUT2D eigenvalue weighted by Gasteiger charge is -2.16. The lowest BCUT2D eigenvalue weighted by Crippen LogP contribution is -2.46. The predicted octanol–water partition coefficient (Wildman–Crippen LogP) is 0.619.